The molecular formula is C21H20O2S. The van der Waals surface area contributed by atoms with E-state index >= 15 is 0 Å². The van der Waals surface area contributed by atoms with Crippen LogP contribution in [0.25, 0.3) is 6.08 Å². The maximum atomic E-state index is 12.0. The number of rotatable bonds is 6. The van der Waals surface area contributed by atoms with Gasteiger partial charge in [-0.1, -0.05) is 55.5 Å². The van der Waals surface area contributed by atoms with Gasteiger partial charge in [0.05, 0.1) is 0 Å². The fraction of sp³-hybridized carbons (Fsp3) is 0.190. The highest BCUT2D eigenvalue weighted by Gasteiger charge is 2.14. The third-order valence-corrected chi connectivity index (χ3v) is 4.24. The van der Waals surface area contributed by atoms with Gasteiger partial charge < -0.3 is 0 Å². The second kappa shape index (κ2) is 7.93. The van der Waals surface area contributed by atoms with Crippen molar-refractivity contribution < 1.29 is 9.59 Å². The maximum Gasteiger partial charge on any atom is 0.160 e. The largest absolute Gasteiger partial charge is 0.295 e. The van der Waals surface area contributed by atoms with Crippen LogP contribution in [0.5, 0.6) is 0 Å². The van der Waals surface area contributed by atoms with E-state index in [1.54, 1.807) is 0 Å². The van der Waals surface area contributed by atoms with Crippen molar-refractivity contribution in [3.8, 4) is 0 Å². The van der Waals surface area contributed by atoms with E-state index in [2.05, 4.69) is 0 Å². The first-order valence-corrected chi connectivity index (χ1v) is 8.31. The summed E-state index contributed by atoms with van der Waals surface area (Å²) in [6.45, 7) is 5.01. The maximum absolute atomic E-state index is 12.0. The molecule has 0 unspecified atom stereocenters. The topological polar surface area (TPSA) is 34.1 Å². The third kappa shape index (κ3) is 4.12. The summed E-state index contributed by atoms with van der Waals surface area (Å²) >= 11 is 5.42. The van der Waals surface area contributed by atoms with Crippen LogP contribution >= 0.6 is 12.2 Å². The Morgan fingerprint density at radius 1 is 1.00 bits per heavy atom. The summed E-state index contributed by atoms with van der Waals surface area (Å²) in [6, 6.07) is 13.4. The number of allylic oxidation sites excluding steroid dienone is 1. The molecule has 0 bridgehead atoms. The molecule has 0 spiro atoms. The van der Waals surface area contributed by atoms with Crippen LogP contribution in [0.4, 0.5) is 0 Å². The summed E-state index contributed by atoms with van der Waals surface area (Å²) < 4.78 is 0. The minimum atomic E-state index is -0.0322. The summed E-state index contributed by atoms with van der Waals surface area (Å²) in [7, 11) is 0. The van der Waals surface area contributed by atoms with Crippen molar-refractivity contribution in [3.63, 3.8) is 0 Å². The minimum Gasteiger partial charge on any atom is -0.295 e. The molecule has 2 rings (SSSR count). The van der Waals surface area contributed by atoms with Crippen LogP contribution in [0.15, 0.2) is 48.5 Å². The SMILES string of the molecule is CCc1c(C(C)=O)cc(C=CC(=S)c2ccccc2)cc1C(C)=O. The van der Waals surface area contributed by atoms with Gasteiger partial charge in [0.25, 0.3) is 0 Å². The van der Waals surface area contributed by atoms with Crippen molar-refractivity contribution in [2.75, 3.05) is 0 Å². The minimum absolute atomic E-state index is 0.0322. The molecule has 0 amide bonds. The normalized spacial score (nSPS) is 10.8. The molecular weight excluding hydrogens is 316 g/mol. The molecule has 0 aliphatic heterocycles. The fourth-order valence-electron chi connectivity index (χ4n) is 2.67. The van der Waals surface area contributed by atoms with Gasteiger partial charge in [0, 0.05) is 16.0 Å². The van der Waals surface area contributed by atoms with Crippen LogP contribution in [-0.2, 0) is 6.42 Å². The van der Waals surface area contributed by atoms with E-state index in [0.29, 0.717) is 22.4 Å². The lowest BCUT2D eigenvalue weighted by atomic mass is 9.91. The highest BCUT2D eigenvalue weighted by atomic mass is 32.1. The summed E-state index contributed by atoms with van der Waals surface area (Å²) in [5, 5.41) is 0. The van der Waals surface area contributed by atoms with Gasteiger partial charge >= 0.3 is 0 Å². The highest BCUT2D eigenvalue weighted by Crippen LogP contribution is 2.21. The zero-order valence-electron chi connectivity index (χ0n) is 14.1. The molecule has 0 radical (unpaired) electrons. The average Bonchev–Trinajstić information content (AvgIpc) is 2.59. The first kappa shape index (κ1) is 18.0. The Bertz CT molecular complexity index is 782. The molecule has 0 fully saturated rings. The third-order valence-electron chi connectivity index (χ3n) is 3.87. The molecule has 24 heavy (non-hydrogen) atoms. The second-order valence-corrected chi connectivity index (χ2v) is 6.06. The molecule has 0 aliphatic carbocycles. The number of carbonyl (C=O) groups excluding carboxylic acids is 2. The van der Waals surface area contributed by atoms with E-state index in [-0.39, 0.29) is 11.6 Å². The van der Waals surface area contributed by atoms with Crippen molar-refractivity contribution in [2.45, 2.75) is 27.2 Å². The number of carbonyl (C=O) groups is 2. The molecule has 2 nitrogen and oxygen atoms in total. The molecule has 3 heteroatoms. The Morgan fingerprint density at radius 2 is 1.54 bits per heavy atom. The summed E-state index contributed by atoms with van der Waals surface area (Å²) in [6.07, 6.45) is 4.34. The van der Waals surface area contributed by atoms with Crippen molar-refractivity contribution in [3.05, 3.63) is 76.4 Å². The zero-order chi connectivity index (χ0) is 17.7. The van der Waals surface area contributed by atoms with E-state index in [9.17, 15) is 9.59 Å². The molecule has 0 heterocycles. The van der Waals surface area contributed by atoms with Gasteiger partial charge in [-0.05, 0) is 55.2 Å². The standard InChI is InChI=1S/C21H20O2S/c1-4-18-19(14(2)22)12-16(13-20(18)15(3)23)10-11-21(24)17-8-6-5-7-9-17/h5-13H,4H2,1-3H3. The van der Waals surface area contributed by atoms with E-state index in [4.69, 9.17) is 12.2 Å². The van der Waals surface area contributed by atoms with Gasteiger partial charge in [-0.25, -0.2) is 0 Å². The summed E-state index contributed by atoms with van der Waals surface area (Å²) in [4.78, 5) is 24.6. The zero-order valence-corrected chi connectivity index (χ0v) is 14.9. The van der Waals surface area contributed by atoms with Gasteiger partial charge in [-0.3, -0.25) is 9.59 Å². The number of ketones is 2. The molecule has 0 saturated carbocycles. The van der Waals surface area contributed by atoms with Crippen molar-refractivity contribution in [1.29, 1.82) is 0 Å². The molecule has 0 aromatic heterocycles. The van der Waals surface area contributed by atoms with Crippen LogP contribution in [0.1, 0.15) is 58.2 Å². The second-order valence-electron chi connectivity index (χ2n) is 5.62. The Morgan fingerprint density at radius 3 is 2.00 bits per heavy atom. The predicted molar refractivity (Wildman–Crippen MR) is 103 cm³/mol. The first-order valence-electron chi connectivity index (χ1n) is 7.90. The monoisotopic (exact) mass is 336 g/mol. The summed E-state index contributed by atoms with van der Waals surface area (Å²) in [5.41, 5.74) is 3.80. The summed E-state index contributed by atoms with van der Waals surface area (Å²) in [5.74, 6) is -0.0644. The number of hydrogen-bond acceptors (Lipinski definition) is 3. The number of Topliss-reactive ketones (excluding diaryl/α,β-unsaturated/α-hetero) is 2. The Balaban J connectivity index is 2.44. The number of hydrogen-bond donors (Lipinski definition) is 0. The smallest absolute Gasteiger partial charge is 0.160 e. The lowest BCUT2D eigenvalue weighted by molar-refractivity contribution is 0.101. The van der Waals surface area contributed by atoms with Gasteiger partial charge in [0.2, 0.25) is 0 Å². The van der Waals surface area contributed by atoms with Crippen LogP contribution in [0.2, 0.25) is 0 Å². The van der Waals surface area contributed by atoms with Crippen molar-refractivity contribution in [2.24, 2.45) is 0 Å². The van der Waals surface area contributed by atoms with Crippen LogP contribution < -0.4 is 0 Å². The Kier molecular flexibility index (Phi) is 5.93. The first-order chi connectivity index (χ1) is 11.4. The molecule has 2 aromatic rings. The molecule has 0 atom stereocenters. The van der Waals surface area contributed by atoms with E-state index < -0.39 is 0 Å². The molecule has 0 N–H and O–H groups in total. The average molecular weight is 336 g/mol. The van der Waals surface area contributed by atoms with E-state index in [0.717, 1.165) is 16.7 Å². The van der Waals surface area contributed by atoms with Crippen LogP contribution in [0, 0.1) is 0 Å². The molecule has 0 aliphatic rings. The van der Waals surface area contributed by atoms with Crippen LogP contribution in [0.3, 0.4) is 0 Å². The van der Waals surface area contributed by atoms with E-state index in [1.165, 1.54) is 13.8 Å². The number of benzene rings is 2. The fourth-order valence-corrected chi connectivity index (χ4v) is 2.87. The quantitative estimate of drug-likeness (QED) is 0.419. The van der Waals surface area contributed by atoms with Gasteiger partial charge in [0.15, 0.2) is 11.6 Å². The Labute approximate surface area is 148 Å². The molecule has 2 aromatic carbocycles. The van der Waals surface area contributed by atoms with Crippen molar-refractivity contribution in [1.82, 2.24) is 0 Å². The lowest BCUT2D eigenvalue weighted by Crippen LogP contribution is -2.07. The highest BCUT2D eigenvalue weighted by molar-refractivity contribution is 7.81. The predicted octanol–water partition coefficient (Wildman–Crippen LogP) is 5.09. The van der Waals surface area contributed by atoms with Crippen molar-refractivity contribution >= 4 is 34.7 Å². The number of thiocarbonyl (C=S) groups is 1. The van der Waals surface area contributed by atoms with E-state index in [1.807, 2.05) is 61.5 Å². The lowest BCUT2D eigenvalue weighted by Gasteiger charge is -2.11. The Hall–Kier alpha value is -2.39. The van der Waals surface area contributed by atoms with Crippen LogP contribution in [-0.4, -0.2) is 16.4 Å². The van der Waals surface area contributed by atoms with Gasteiger partial charge in [-0.15, -0.1) is 0 Å². The molecule has 0 saturated heterocycles. The van der Waals surface area contributed by atoms with Gasteiger partial charge in [0.1, 0.15) is 0 Å². The molecule has 122 valence electrons. The van der Waals surface area contributed by atoms with Gasteiger partial charge in [-0.2, -0.15) is 0 Å².